The second kappa shape index (κ2) is 5.54. The molecule has 108 valence electrons. The van der Waals surface area contributed by atoms with Gasteiger partial charge < -0.3 is 10.4 Å². The van der Waals surface area contributed by atoms with Crippen molar-refractivity contribution in [2.75, 3.05) is 6.54 Å². The number of aliphatic hydroxyl groups is 1. The Hall–Kier alpha value is -1.40. The summed E-state index contributed by atoms with van der Waals surface area (Å²) in [5.41, 5.74) is -0.406. The number of hydrogen-bond donors (Lipinski definition) is 2. The van der Waals surface area contributed by atoms with E-state index in [2.05, 4.69) is 21.2 Å². The fraction of sp³-hybridized carbons (Fsp3) is 0.429. The SMILES string of the molecule is CC[C@H](O)CN1C(=O)N[C@@](C)(c2ccccc2Br)C1=O. The van der Waals surface area contributed by atoms with Gasteiger partial charge in [0.1, 0.15) is 5.54 Å². The predicted molar refractivity (Wildman–Crippen MR) is 78.0 cm³/mol. The van der Waals surface area contributed by atoms with Crippen molar-refractivity contribution >= 4 is 27.9 Å². The maximum Gasteiger partial charge on any atom is 0.325 e. The van der Waals surface area contributed by atoms with E-state index in [1.54, 1.807) is 19.9 Å². The summed E-state index contributed by atoms with van der Waals surface area (Å²) < 4.78 is 0.758. The number of benzene rings is 1. The number of aliphatic hydroxyl groups excluding tert-OH is 1. The van der Waals surface area contributed by atoms with Crippen molar-refractivity contribution < 1.29 is 14.7 Å². The molecule has 2 rings (SSSR count). The number of carbonyl (C=O) groups excluding carboxylic acids is 2. The van der Waals surface area contributed by atoms with Crippen LogP contribution in [0, 0.1) is 0 Å². The average Bonchev–Trinajstić information content (AvgIpc) is 2.63. The average molecular weight is 341 g/mol. The highest BCUT2D eigenvalue weighted by atomic mass is 79.9. The van der Waals surface area contributed by atoms with Crippen molar-refractivity contribution in [2.24, 2.45) is 0 Å². The molecule has 1 aliphatic heterocycles. The standard InChI is InChI=1S/C14H17BrN2O3/c1-3-9(18)8-17-12(19)14(2,16-13(17)20)10-6-4-5-7-11(10)15/h4-7,9,18H,3,8H2,1-2H3,(H,16,20)/t9-,14-/m0/s1. The van der Waals surface area contributed by atoms with Gasteiger partial charge in [0.15, 0.2) is 0 Å². The highest BCUT2D eigenvalue weighted by molar-refractivity contribution is 9.10. The first kappa shape index (κ1) is 15.0. The van der Waals surface area contributed by atoms with E-state index in [9.17, 15) is 14.7 Å². The van der Waals surface area contributed by atoms with Crippen molar-refractivity contribution in [2.45, 2.75) is 31.9 Å². The van der Waals surface area contributed by atoms with Crippen LogP contribution in [0.15, 0.2) is 28.7 Å². The number of urea groups is 1. The molecule has 0 bridgehead atoms. The molecule has 1 aliphatic rings. The van der Waals surface area contributed by atoms with Crippen LogP contribution in [0.1, 0.15) is 25.8 Å². The van der Waals surface area contributed by atoms with Crippen LogP contribution in [0.2, 0.25) is 0 Å². The van der Waals surface area contributed by atoms with Crippen LogP contribution in [-0.4, -0.2) is 34.6 Å². The molecule has 0 radical (unpaired) electrons. The molecule has 20 heavy (non-hydrogen) atoms. The lowest BCUT2D eigenvalue weighted by Gasteiger charge is -2.24. The highest BCUT2D eigenvalue weighted by Crippen LogP contribution is 2.33. The number of carbonyl (C=O) groups is 2. The van der Waals surface area contributed by atoms with E-state index in [-0.39, 0.29) is 12.5 Å². The number of β-amino-alcohol motifs (C(OH)–C–C–N with tert-alkyl or cyclic N) is 1. The van der Waals surface area contributed by atoms with Crippen molar-refractivity contribution in [3.05, 3.63) is 34.3 Å². The summed E-state index contributed by atoms with van der Waals surface area (Å²) in [5.74, 6) is -0.345. The summed E-state index contributed by atoms with van der Waals surface area (Å²) in [4.78, 5) is 25.6. The summed E-state index contributed by atoms with van der Waals surface area (Å²) in [6, 6.07) is 6.80. The second-order valence-electron chi connectivity index (χ2n) is 5.01. The minimum absolute atomic E-state index is 0.0151. The van der Waals surface area contributed by atoms with Gasteiger partial charge in [-0.15, -0.1) is 0 Å². The third-order valence-electron chi connectivity index (χ3n) is 3.55. The summed E-state index contributed by atoms with van der Waals surface area (Å²) in [5, 5.41) is 12.4. The van der Waals surface area contributed by atoms with Crippen LogP contribution in [0.4, 0.5) is 4.79 Å². The zero-order chi connectivity index (χ0) is 14.9. The maximum absolute atomic E-state index is 12.6. The van der Waals surface area contributed by atoms with Crippen molar-refractivity contribution in [3.8, 4) is 0 Å². The Balaban J connectivity index is 2.33. The van der Waals surface area contributed by atoms with Crippen molar-refractivity contribution in [1.29, 1.82) is 0 Å². The molecule has 1 aromatic carbocycles. The van der Waals surface area contributed by atoms with Gasteiger partial charge in [-0.3, -0.25) is 9.69 Å². The number of rotatable bonds is 4. The summed E-state index contributed by atoms with van der Waals surface area (Å²) in [7, 11) is 0. The van der Waals surface area contributed by atoms with E-state index in [4.69, 9.17) is 0 Å². The largest absolute Gasteiger partial charge is 0.391 e. The molecule has 0 saturated carbocycles. The smallest absolute Gasteiger partial charge is 0.325 e. The molecular formula is C14H17BrN2O3. The summed E-state index contributed by atoms with van der Waals surface area (Å²) in [6.07, 6.45) is -0.214. The minimum Gasteiger partial charge on any atom is -0.391 e. The van der Waals surface area contributed by atoms with Gasteiger partial charge in [0.2, 0.25) is 0 Å². The lowest BCUT2D eigenvalue weighted by atomic mass is 9.92. The molecule has 0 unspecified atom stereocenters. The monoisotopic (exact) mass is 340 g/mol. The molecule has 6 heteroatoms. The van der Waals surface area contributed by atoms with Gasteiger partial charge in [0.05, 0.1) is 12.6 Å². The summed E-state index contributed by atoms with van der Waals surface area (Å²) in [6.45, 7) is 3.49. The Morgan fingerprint density at radius 3 is 2.65 bits per heavy atom. The summed E-state index contributed by atoms with van der Waals surface area (Å²) >= 11 is 3.40. The van der Waals surface area contributed by atoms with Crippen LogP contribution in [0.5, 0.6) is 0 Å². The first-order valence-corrected chi connectivity index (χ1v) is 7.26. The van der Waals surface area contributed by atoms with E-state index < -0.39 is 17.7 Å². The molecule has 1 heterocycles. The highest BCUT2D eigenvalue weighted by Gasteiger charge is 2.49. The van der Waals surface area contributed by atoms with E-state index in [1.165, 1.54) is 0 Å². The van der Waals surface area contributed by atoms with Gasteiger partial charge in [0.25, 0.3) is 5.91 Å². The molecule has 1 saturated heterocycles. The lowest BCUT2D eigenvalue weighted by Crippen LogP contribution is -2.42. The molecule has 2 N–H and O–H groups in total. The molecule has 5 nitrogen and oxygen atoms in total. The quantitative estimate of drug-likeness (QED) is 0.823. The van der Waals surface area contributed by atoms with E-state index in [0.29, 0.717) is 12.0 Å². The Labute approximate surface area is 126 Å². The predicted octanol–water partition coefficient (Wildman–Crippen LogP) is 1.99. The second-order valence-corrected chi connectivity index (χ2v) is 5.87. The Bertz CT molecular complexity index is 549. The zero-order valence-corrected chi connectivity index (χ0v) is 13.0. The topological polar surface area (TPSA) is 69.6 Å². The normalized spacial score (nSPS) is 23.9. The Kier molecular flexibility index (Phi) is 4.15. The van der Waals surface area contributed by atoms with Gasteiger partial charge in [-0.2, -0.15) is 0 Å². The molecule has 3 amide bonds. The molecule has 0 aromatic heterocycles. The Morgan fingerprint density at radius 2 is 2.05 bits per heavy atom. The molecular weight excluding hydrogens is 324 g/mol. The molecule has 1 aromatic rings. The third kappa shape index (κ3) is 2.45. The van der Waals surface area contributed by atoms with Crippen LogP contribution in [0.3, 0.4) is 0 Å². The number of nitrogens with zero attached hydrogens (tertiary/aromatic N) is 1. The van der Waals surface area contributed by atoms with Crippen molar-refractivity contribution in [1.82, 2.24) is 10.2 Å². The van der Waals surface area contributed by atoms with Crippen LogP contribution in [0.25, 0.3) is 0 Å². The van der Waals surface area contributed by atoms with E-state index >= 15 is 0 Å². The zero-order valence-electron chi connectivity index (χ0n) is 11.4. The van der Waals surface area contributed by atoms with Gasteiger partial charge >= 0.3 is 6.03 Å². The van der Waals surface area contributed by atoms with Crippen LogP contribution < -0.4 is 5.32 Å². The van der Waals surface area contributed by atoms with Gasteiger partial charge in [0, 0.05) is 10.0 Å². The van der Waals surface area contributed by atoms with E-state index in [1.807, 2.05) is 18.2 Å². The number of amides is 3. The van der Waals surface area contributed by atoms with Crippen LogP contribution >= 0.6 is 15.9 Å². The first-order valence-electron chi connectivity index (χ1n) is 6.47. The number of halogens is 1. The van der Waals surface area contributed by atoms with Gasteiger partial charge in [-0.1, -0.05) is 41.1 Å². The lowest BCUT2D eigenvalue weighted by molar-refractivity contribution is -0.132. The molecule has 1 fully saturated rings. The first-order chi connectivity index (χ1) is 9.40. The molecule has 0 aliphatic carbocycles. The minimum atomic E-state index is -1.11. The molecule has 2 atom stereocenters. The Morgan fingerprint density at radius 1 is 1.40 bits per heavy atom. The molecule has 0 spiro atoms. The number of nitrogens with one attached hydrogen (secondary N) is 1. The third-order valence-corrected chi connectivity index (χ3v) is 4.24. The van der Waals surface area contributed by atoms with Crippen LogP contribution in [-0.2, 0) is 10.3 Å². The number of hydrogen-bond acceptors (Lipinski definition) is 3. The maximum atomic E-state index is 12.6. The van der Waals surface area contributed by atoms with Crippen molar-refractivity contribution in [3.63, 3.8) is 0 Å². The van der Waals surface area contributed by atoms with Gasteiger partial charge in [-0.25, -0.2) is 4.79 Å². The fourth-order valence-corrected chi connectivity index (χ4v) is 2.93. The fourth-order valence-electron chi connectivity index (χ4n) is 2.25. The van der Waals surface area contributed by atoms with E-state index in [0.717, 1.165) is 9.37 Å². The van der Waals surface area contributed by atoms with Gasteiger partial charge in [-0.05, 0) is 19.4 Å². The number of imide groups is 1.